The van der Waals surface area contributed by atoms with E-state index in [9.17, 15) is 4.79 Å². The molecular formula is C17H22N4O. The molecule has 0 atom stereocenters. The number of imidazole rings is 1. The molecule has 1 heterocycles. The minimum atomic E-state index is -0.0378. The Labute approximate surface area is 131 Å². The van der Waals surface area contributed by atoms with E-state index < -0.39 is 0 Å². The molecule has 2 aromatic rings. The summed E-state index contributed by atoms with van der Waals surface area (Å²) in [5.74, 6) is -0.0378. The lowest BCUT2D eigenvalue weighted by Gasteiger charge is -2.11. The van der Waals surface area contributed by atoms with Crippen molar-refractivity contribution < 1.29 is 4.79 Å². The van der Waals surface area contributed by atoms with E-state index in [1.165, 1.54) is 12.8 Å². The van der Waals surface area contributed by atoms with E-state index in [1.54, 1.807) is 0 Å². The zero-order valence-corrected chi connectivity index (χ0v) is 13.1. The van der Waals surface area contributed by atoms with E-state index in [0.717, 1.165) is 17.8 Å². The van der Waals surface area contributed by atoms with Gasteiger partial charge in [0, 0.05) is 24.3 Å². The smallest absolute Gasteiger partial charge is 0.251 e. The molecule has 0 radical (unpaired) electrons. The molecule has 1 aliphatic rings. The number of hydrogen-bond acceptors (Lipinski definition) is 3. The second-order valence-electron chi connectivity index (χ2n) is 6.14. The van der Waals surface area contributed by atoms with Gasteiger partial charge in [-0.2, -0.15) is 0 Å². The predicted molar refractivity (Wildman–Crippen MR) is 85.5 cm³/mol. The zero-order valence-electron chi connectivity index (χ0n) is 13.1. The van der Waals surface area contributed by atoms with Crippen LogP contribution in [0.4, 0.5) is 0 Å². The van der Waals surface area contributed by atoms with Gasteiger partial charge in [-0.1, -0.05) is 12.1 Å². The van der Waals surface area contributed by atoms with Gasteiger partial charge in [0.05, 0.1) is 18.6 Å². The van der Waals surface area contributed by atoms with Crippen LogP contribution in [0.5, 0.6) is 0 Å². The van der Waals surface area contributed by atoms with Crippen LogP contribution in [-0.2, 0) is 13.1 Å². The van der Waals surface area contributed by atoms with Gasteiger partial charge < -0.3 is 14.8 Å². The minimum absolute atomic E-state index is 0.0378. The van der Waals surface area contributed by atoms with Crippen molar-refractivity contribution >= 4 is 5.91 Å². The molecule has 5 nitrogen and oxygen atoms in total. The van der Waals surface area contributed by atoms with E-state index in [4.69, 9.17) is 0 Å². The van der Waals surface area contributed by atoms with Crippen molar-refractivity contribution in [3.05, 3.63) is 53.6 Å². The van der Waals surface area contributed by atoms with Gasteiger partial charge in [-0.3, -0.25) is 4.79 Å². The highest BCUT2D eigenvalue weighted by Crippen LogP contribution is 2.35. The van der Waals surface area contributed by atoms with Crippen LogP contribution in [0.1, 0.15) is 40.5 Å². The molecule has 1 fully saturated rings. The van der Waals surface area contributed by atoms with Crippen LogP contribution in [0.2, 0.25) is 0 Å². The summed E-state index contributed by atoms with van der Waals surface area (Å²) in [7, 11) is 4.04. The number of nitrogens with one attached hydrogen (secondary N) is 1. The van der Waals surface area contributed by atoms with E-state index in [1.807, 2.05) is 50.9 Å². The molecule has 1 aromatic carbocycles. The Balaban J connectivity index is 1.63. The Kier molecular flexibility index (Phi) is 4.24. The summed E-state index contributed by atoms with van der Waals surface area (Å²) in [5.41, 5.74) is 2.91. The summed E-state index contributed by atoms with van der Waals surface area (Å²) < 4.78 is 2.17. The number of hydrogen-bond donors (Lipinski definition) is 1. The van der Waals surface area contributed by atoms with Gasteiger partial charge >= 0.3 is 0 Å². The zero-order chi connectivity index (χ0) is 15.5. The van der Waals surface area contributed by atoms with Crippen molar-refractivity contribution in [2.75, 3.05) is 14.1 Å². The molecule has 0 saturated heterocycles. The van der Waals surface area contributed by atoms with Gasteiger partial charge in [-0.25, -0.2) is 4.98 Å². The normalized spacial score (nSPS) is 14.3. The third kappa shape index (κ3) is 3.54. The average molecular weight is 298 g/mol. The molecule has 0 bridgehead atoms. The number of carbonyl (C=O) groups is 1. The predicted octanol–water partition coefficient (Wildman–Crippen LogP) is 2.21. The monoisotopic (exact) mass is 298 g/mol. The first-order valence-electron chi connectivity index (χ1n) is 7.66. The maximum atomic E-state index is 12.3. The van der Waals surface area contributed by atoms with Crippen LogP contribution in [0.25, 0.3) is 0 Å². The summed E-state index contributed by atoms with van der Waals surface area (Å²) in [4.78, 5) is 18.6. The fraction of sp³-hybridized carbons (Fsp3) is 0.412. The number of rotatable bonds is 6. The lowest BCUT2D eigenvalue weighted by molar-refractivity contribution is 0.0950. The minimum Gasteiger partial charge on any atom is -0.346 e. The molecule has 0 spiro atoms. The molecule has 1 amide bonds. The first-order chi connectivity index (χ1) is 10.6. The second-order valence-corrected chi connectivity index (χ2v) is 6.14. The van der Waals surface area contributed by atoms with E-state index in [0.29, 0.717) is 18.2 Å². The third-order valence-corrected chi connectivity index (χ3v) is 3.80. The lowest BCUT2D eigenvalue weighted by atomic mass is 10.1. The van der Waals surface area contributed by atoms with E-state index >= 15 is 0 Å². The Morgan fingerprint density at radius 1 is 1.41 bits per heavy atom. The molecule has 116 valence electrons. The molecule has 1 aromatic heterocycles. The standard InChI is InChI=1S/C17H22N4O/c1-20(2)11-13-4-3-5-14(8-13)17(22)19-10-16-9-18-12-21(16)15-6-7-15/h3-5,8-9,12,15H,6-7,10-11H2,1-2H3,(H,19,22). The number of amides is 1. The van der Waals surface area contributed by atoms with Crippen LogP contribution in [0.3, 0.4) is 0 Å². The third-order valence-electron chi connectivity index (χ3n) is 3.80. The average Bonchev–Trinajstić information content (AvgIpc) is 3.23. The highest BCUT2D eigenvalue weighted by molar-refractivity contribution is 5.94. The van der Waals surface area contributed by atoms with Gasteiger partial charge in [0.1, 0.15) is 0 Å². The van der Waals surface area contributed by atoms with Crippen LogP contribution < -0.4 is 5.32 Å². The highest BCUT2D eigenvalue weighted by Gasteiger charge is 2.25. The molecule has 22 heavy (non-hydrogen) atoms. The van der Waals surface area contributed by atoms with Crippen molar-refractivity contribution in [2.45, 2.75) is 32.0 Å². The van der Waals surface area contributed by atoms with Gasteiger partial charge in [0.25, 0.3) is 5.91 Å². The fourth-order valence-electron chi connectivity index (χ4n) is 2.60. The first kappa shape index (κ1) is 14.8. The van der Waals surface area contributed by atoms with E-state index in [-0.39, 0.29) is 5.91 Å². The molecule has 1 N–H and O–H groups in total. The van der Waals surface area contributed by atoms with Crippen molar-refractivity contribution in [1.82, 2.24) is 19.8 Å². The maximum absolute atomic E-state index is 12.3. The van der Waals surface area contributed by atoms with Gasteiger partial charge in [0.2, 0.25) is 0 Å². The summed E-state index contributed by atoms with van der Waals surface area (Å²) in [6.07, 6.45) is 6.12. The number of carbonyl (C=O) groups excluding carboxylic acids is 1. The second kappa shape index (κ2) is 6.32. The van der Waals surface area contributed by atoms with Gasteiger partial charge in [0.15, 0.2) is 0 Å². The largest absolute Gasteiger partial charge is 0.346 e. The summed E-state index contributed by atoms with van der Waals surface area (Å²) in [6, 6.07) is 8.36. The number of aromatic nitrogens is 2. The van der Waals surface area contributed by atoms with Crippen molar-refractivity contribution in [2.24, 2.45) is 0 Å². The highest BCUT2D eigenvalue weighted by atomic mass is 16.1. The Morgan fingerprint density at radius 2 is 2.23 bits per heavy atom. The summed E-state index contributed by atoms with van der Waals surface area (Å²) >= 11 is 0. The lowest BCUT2D eigenvalue weighted by Crippen LogP contribution is -2.24. The Bertz CT molecular complexity index is 658. The molecule has 1 saturated carbocycles. The van der Waals surface area contributed by atoms with Gasteiger partial charge in [-0.05, 0) is 44.6 Å². The molecule has 1 aliphatic carbocycles. The van der Waals surface area contributed by atoms with Crippen molar-refractivity contribution in [3.8, 4) is 0 Å². The van der Waals surface area contributed by atoms with Gasteiger partial charge in [-0.15, -0.1) is 0 Å². The van der Waals surface area contributed by atoms with Crippen molar-refractivity contribution in [1.29, 1.82) is 0 Å². The number of benzene rings is 1. The van der Waals surface area contributed by atoms with Crippen LogP contribution >= 0.6 is 0 Å². The van der Waals surface area contributed by atoms with E-state index in [2.05, 4.69) is 19.8 Å². The Hall–Kier alpha value is -2.14. The SMILES string of the molecule is CN(C)Cc1cccc(C(=O)NCc2cncn2C2CC2)c1. The molecule has 5 heteroatoms. The van der Waals surface area contributed by atoms with Crippen LogP contribution in [0, 0.1) is 0 Å². The first-order valence-corrected chi connectivity index (χ1v) is 7.66. The maximum Gasteiger partial charge on any atom is 0.251 e. The number of nitrogens with zero attached hydrogens (tertiary/aromatic N) is 3. The molecule has 3 rings (SSSR count). The quantitative estimate of drug-likeness (QED) is 0.889. The summed E-state index contributed by atoms with van der Waals surface area (Å²) in [6.45, 7) is 1.35. The van der Waals surface area contributed by atoms with Crippen LogP contribution in [0.15, 0.2) is 36.8 Å². The topological polar surface area (TPSA) is 50.2 Å². The fourth-order valence-corrected chi connectivity index (χ4v) is 2.60. The van der Waals surface area contributed by atoms with Crippen LogP contribution in [-0.4, -0.2) is 34.5 Å². The van der Waals surface area contributed by atoms with Crippen molar-refractivity contribution in [3.63, 3.8) is 0 Å². The molecule has 0 unspecified atom stereocenters. The Morgan fingerprint density at radius 3 is 2.95 bits per heavy atom. The summed E-state index contributed by atoms with van der Waals surface area (Å²) in [5, 5.41) is 2.99. The molecular weight excluding hydrogens is 276 g/mol. The molecule has 0 aliphatic heterocycles.